The predicted molar refractivity (Wildman–Crippen MR) is 39.5 cm³/mol. The molecule has 0 aromatic heterocycles. The Morgan fingerprint density at radius 3 is 2.50 bits per heavy atom. The van der Waals surface area contributed by atoms with Crippen LogP contribution >= 0.6 is 0 Å². The Bertz CT molecular complexity index is 68.9. The summed E-state index contributed by atoms with van der Waals surface area (Å²) in [4.78, 5) is 0. The van der Waals surface area contributed by atoms with E-state index in [1.807, 2.05) is 13.0 Å². The number of hydrogen-bond donors (Lipinski definition) is 0. The third-order valence-corrected chi connectivity index (χ3v) is 1.71. The van der Waals surface area contributed by atoms with E-state index < -0.39 is 0 Å². The molecule has 0 rings (SSSR count). The van der Waals surface area contributed by atoms with Gasteiger partial charge >= 0.3 is 0 Å². The highest BCUT2D eigenvalue weighted by molar-refractivity contribution is 6.29. The van der Waals surface area contributed by atoms with E-state index in [-0.39, 0.29) is 9.76 Å². The summed E-state index contributed by atoms with van der Waals surface area (Å²) in [5, 5.41) is 0. The fraction of sp³-hybridized carbons (Fsp3) is 0.667. The van der Waals surface area contributed by atoms with Crippen molar-refractivity contribution >= 4 is 9.76 Å². The number of hydrogen-bond acceptors (Lipinski definition) is 1. The molecule has 8 heavy (non-hydrogen) atoms. The number of rotatable bonds is 3. The second-order valence-corrected chi connectivity index (χ2v) is 4.50. The van der Waals surface area contributed by atoms with E-state index in [9.17, 15) is 0 Å². The maximum Gasteiger partial charge on any atom is 0.221 e. The molecule has 0 bridgehead atoms. The molecule has 0 aliphatic carbocycles. The molecule has 0 aromatic rings. The van der Waals surface area contributed by atoms with Gasteiger partial charge in [0, 0.05) is 0 Å². The van der Waals surface area contributed by atoms with Gasteiger partial charge in [-0.1, -0.05) is 19.9 Å². The fourth-order valence-corrected chi connectivity index (χ4v) is 1.03. The quantitative estimate of drug-likeness (QED) is 0.415. The molecule has 0 saturated heterocycles. The van der Waals surface area contributed by atoms with Gasteiger partial charge in [0.1, 0.15) is 0 Å². The molecule has 0 amide bonds. The van der Waals surface area contributed by atoms with Gasteiger partial charge in [0.25, 0.3) is 0 Å². The molecule has 0 aliphatic rings. The minimum absolute atomic E-state index is 0.252. The lowest BCUT2D eigenvalue weighted by molar-refractivity contribution is 0.503. The summed E-state index contributed by atoms with van der Waals surface area (Å²) < 4.78 is 5.20. The molecule has 0 aliphatic heterocycles. The second-order valence-electron chi connectivity index (χ2n) is 2.20. The molecule has 2 heteroatoms. The summed E-state index contributed by atoms with van der Waals surface area (Å²) in [6.45, 7) is 6.35. The van der Waals surface area contributed by atoms with Crippen LogP contribution in [0.25, 0.3) is 0 Å². The van der Waals surface area contributed by atoms with Crippen LogP contribution in [-0.4, -0.2) is 9.76 Å². The van der Waals surface area contributed by atoms with E-state index in [1.54, 1.807) is 6.26 Å². The summed E-state index contributed by atoms with van der Waals surface area (Å²) in [5.41, 5.74) is 0.770. The maximum absolute atomic E-state index is 5.20. The molecule has 0 N–H and O–H groups in total. The zero-order valence-electron chi connectivity index (χ0n) is 5.85. The van der Waals surface area contributed by atoms with Crippen LogP contribution < -0.4 is 0 Å². The maximum atomic E-state index is 5.20. The summed E-state index contributed by atoms with van der Waals surface area (Å²) in [6.07, 6.45) is 3.71. The SMILES string of the molecule is CC=CO[SiH2]C(C)C. The van der Waals surface area contributed by atoms with Crippen LogP contribution in [-0.2, 0) is 4.43 Å². The van der Waals surface area contributed by atoms with Crippen molar-refractivity contribution in [1.82, 2.24) is 0 Å². The van der Waals surface area contributed by atoms with Crippen LogP contribution in [0, 0.1) is 0 Å². The average molecular weight is 130 g/mol. The van der Waals surface area contributed by atoms with Gasteiger partial charge in [-0.05, 0) is 12.5 Å². The topological polar surface area (TPSA) is 9.23 Å². The number of allylic oxidation sites excluding steroid dienone is 1. The largest absolute Gasteiger partial charge is 0.555 e. The molecular weight excluding hydrogens is 116 g/mol. The monoisotopic (exact) mass is 130 g/mol. The Balaban J connectivity index is 2.93. The standard InChI is InChI=1S/C6H14OSi/c1-4-5-7-8-6(2)3/h4-6H,8H2,1-3H3. The van der Waals surface area contributed by atoms with Crippen LogP contribution in [0.4, 0.5) is 0 Å². The summed E-state index contributed by atoms with van der Waals surface area (Å²) in [6, 6.07) is 0. The normalized spacial score (nSPS) is 12.5. The highest BCUT2D eigenvalue weighted by Gasteiger charge is 1.90. The molecule has 0 radical (unpaired) electrons. The first-order valence-corrected chi connectivity index (χ1v) is 4.39. The van der Waals surface area contributed by atoms with Crippen LogP contribution in [0.2, 0.25) is 5.54 Å². The summed E-state index contributed by atoms with van der Waals surface area (Å²) >= 11 is 0. The van der Waals surface area contributed by atoms with E-state index in [4.69, 9.17) is 4.43 Å². The fourth-order valence-electron chi connectivity index (χ4n) is 0.344. The van der Waals surface area contributed by atoms with Crippen molar-refractivity contribution in [1.29, 1.82) is 0 Å². The first-order chi connectivity index (χ1) is 3.77. The first-order valence-electron chi connectivity index (χ1n) is 3.00. The Labute approximate surface area is 53.7 Å². The average Bonchev–Trinajstić information content (AvgIpc) is 1.66. The van der Waals surface area contributed by atoms with Gasteiger partial charge < -0.3 is 4.43 Å². The summed E-state index contributed by atoms with van der Waals surface area (Å²) in [7, 11) is -0.252. The van der Waals surface area contributed by atoms with Gasteiger partial charge in [0.05, 0.1) is 6.26 Å². The third-order valence-electron chi connectivity index (χ3n) is 0.662. The lowest BCUT2D eigenvalue weighted by Gasteiger charge is -2.00. The Kier molecular flexibility index (Phi) is 4.76. The van der Waals surface area contributed by atoms with Crippen molar-refractivity contribution in [3.8, 4) is 0 Å². The third kappa shape index (κ3) is 5.76. The van der Waals surface area contributed by atoms with E-state index in [0.717, 1.165) is 5.54 Å². The first kappa shape index (κ1) is 7.76. The van der Waals surface area contributed by atoms with E-state index in [1.165, 1.54) is 0 Å². The van der Waals surface area contributed by atoms with Gasteiger partial charge in [-0.2, -0.15) is 0 Å². The lowest BCUT2D eigenvalue weighted by atomic mass is 10.6. The van der Waals surface area contributed by atoms with Crippen molar-refractivity contribution in [2.24, 2.45) is 0 Å². The highest BCUT2D eigenvalue weighted by Crippen LogP contribution is 1.96. The molecule has 0 aromatic carbocycles. The predicted octanol–water partition coefficient (Wildman–Crippen LogP) is 1.45. The van der Waals surface area contributed by atoms with Crippen molar-refractivity contribution in [2.45, 2.75) is 26.3 Å². The van der Waals surface area contributed by atoms with Gasteiger partial charge in [0.2, 0.25) is 9.76 Å². The second kappa shape index (κ2) is 4.90. The zero-order valence-corrected chi connectivity index (χ0v) is 7.26. The molecule has 0 fully saturated rings. The molecule has 1 nitrogen and oxygen atoms in total. The van der Waals surface area contributed by atoms with Gasteiger partial charge in [-0.15, -0.1) is 0 Å². The molecule has 0 spiro atoms. The van der Waals surface area contributed by atoms with Crippen molar-refractivity contribution < 1.29 is 4.43 Å². The van der Waals surface area contributed by atoms with Crippen molar-refractivity contribution in [3.05, 3.63) is 12.3 Å². The lowest BCUT2D eigenvalue weighted by Crippen LogP contribution is -1.95. The molecule has 0 saturated carbocycles. The van der Waals surface area contributed by atoms with E-state index in [0.29, 0.717) is 0 Å². The van der Waals surface area contributed by atoms with Crippen molar-refractivity contribution in [3.63, 3.8) is 0 Å². The zero-order chi connectivity index (χ0) is 6.41. The Hall–Kier alpha value is -0.243. The minimum atomic E-state index is -0.252. The highest BCUT2D eigenvalue weighted by atomic mass is 28.2. The molecular formula is C6H14OSi. The smallest absolute Gasteiger partial charge is 0.221 e. The van der Waals surface area contributed by atoms with E-state index in [2.05, 4.69) is 13.8 Å². The Morgan fingerprint density at radius 2 is 2.12 bits per heavy atom. The van der Waals surface area contributed by atoms with E-state index >= 15 is 0 Å². The molecule has 0 atom stereocenters. The Morgan fingerprint density at radius 1 is 1.50 bits per heavy atom. The van der Waals surface area contributed by atoms with Crippen molar-refractivity contribution in [2.75, 3.05) is 0 Å². The van der Waals surface area contributed by atoms with Crippen LogP contribution in [0.1, 0.15) is 20.8 Å². The molecule has 0 unspecified atom stereocenters. The molecule has 48 valence electrons. The van der Waals surface area contributed by atoms with Gasteiger partial charge in [0.15, 0.2) is 0 Å². The minimum Gasteiger partial charge on any atom is -0.555 e. The van der Waals surface area contributed by atoms with Crippen LogP contribution in [0.5, 0.6) is 0 Å². The van der Waals surface area contributed by atoms with Gasteiger partial charge in [-0.3, -0.25) is 0 Å². The van der Waals surface area contributed by atoms with Crippen LogP contribution in [0.15, 0.2) is 12.3 Å². The summed E-state index contributed by atoms with van der Waals surface area (Å²) in [5.74, 6) is 0. The van der Waals surface area contributed by atoms with Gasteiger partial charge in [-0.25, -0.2) is 0 Å². The van der Waals surface area contributed by atoms with Crippen LogP contribution in [0.3, 0.4) is 0 Å². The molecule has 0 heterocycles.